The molecule has 0 N–H and O–H groups in total. The maximum atomic E-state index is 4.94. The molecule has 39 heavy (non-hydrogen) atoms. The van der Waals surface area contributed by atoms with Gasteiger partial charge in [-0.3, -0.25) is 4.98 Å². The van der Waals surface area contributed by atoms with E-state index in [-0.39, 0.29) is 0 Å². The minimum absolute atomic E-state index is 0.969. The van der Waals surface area contributed by atoms with Crippen molar-refractivity contribution in [1.29, 1.82) is 0 Å². The molecule has 8 rings (SSSR count). The molecule has 0 saturated carbocycles. The van der Waals surface area contributed by atoms with Gasteiger partial charge >= 0.3 is 0 Å². The monoisotopic (exact) mass is 535 g/mol. The molecule has 0 aliphatic carbocycles. The first kappa shape index (κ1) is 22.4. The van der Waals surface area contributed by atoms with Crippen molar-refractivity contribution >= 4 is 54.7 Å². The maximum Gasteiger partial charge on any atom is 0.124 e. The van der Waals surface area contributed by atoms with Crippen LogP contribution in [0.25, 0.3) is 70.7 Å². The number of nitrogens with zero attached hydrogens (tertiary/aromatic N) is 3. The van der Waals surface area contributed by atoms with Gasteiger partial charge in [-0.15, -0.1) is 11.3 Å². The average molecular weight is 536 g/mol. The number of hydrogen-bond acceptors (Lipinski definition) is 4. The van der Waals surface area contributed by atoms with Gasteiger partial charge in [0.2, 0.25) is 0 Å². The minimum Gasteiger partial charge on any atom is -0.309 e. The van der Waals surface area contributed by atoms with Gasteiger partial charge in [-0.25, -0.2) is 4.98 Å². The lowest BCUT2D eigenvalue weighted by molar-refractivity contribution is 1.18. The number of para-hydroxylation sites is 2. The summed E-state index contributed by atoms with van der Waals surface area (Å²) in [5, 5.41) is 7.84. The molecule has 0 spiro atoms. The van der Waals surface area contributed by atoms with E-state index in [1.54, 1.807) is 22.7 Å². The molecule has 0 atom stereocenters. The number of thiazole rings is 1. The molecule has 0 saturated heterocycles. The van der Waals surface area contributed by atoms with Gasteiger partial charge in [-0.05, 0) is 76.5 Å². The topological polar surface area (TPSA) is 30.7 Å². The van der Waals surface area contributed by atoms with E-state index in [9.17, 15) is 0 Å². The smallest absolute Gasteiger partial charge is 0.124 e. The SMILES string of the molecule is c1ccc(-c2cc(-n3c4ccccc4c4ccc(-c5nc6ccccc6s5)cc43)ccc2-c2ccsc2)nc1. The van der Waals surface area contributed by atoms with Crippen LogP contribution in [-0.4, -0.2) is 14.5 Å². The first-order chi connectivity index (χ1) is 19.3. The van der Waals surface area contributed by atoms with Gasteiger partial charge in [0.1, 0.15) is 5.01 Å². The highest BCUT2D eigenvalue weighted by molar-refractivity contribution is 7.21. The van der Waals surface area contributed by atoms with Crippen LogP contribution in [0.1, 0.15) is 0 Å². The van der Waals surface area contributed by atoms with E-state index in [0.717, 1.165) is 33.0 Å². The first-order valence-corrected chi connectivity index (χ1v) is 14.6. The Morgan fingerprint density at radius 2 is 1.51 bits per heavy atom. The molecule has 0 aliphatic heterocycles. The molecule has 0 radical (unpaired) electrons. The number of benzene rings is 4. The van der Waals surface area contributed by atoms with Crippen molar-refractivity contribution in [2.24, 2.45) is 0 Å². The molecular weight excluding hydrogens is 515 g/mol. The van der Waals surface area contributed by atoms with E-state index in [2.05, 4.69) is 112 Å². The largest absolute Gasteiger partial charge is 0.309 e. The Bertz CT molecular complexity index is 2090. The zero-order chi connectivity index (χ0) is 25.8. The number of pyridine rings is 1. The van der Waals surface area contributed by atoms with Crippen molar-refractivity contribution in [1.82, 2.24) is 14.5 Å². The number of aromatic nitrogens is 3. The fraction of sp³-hybridized carbons (Fsp3) is 0. The van der Waals surface area contributed by atoms with Crippen LogP contribution in [0.2, 0.25) is 0 Å². The predicted molar refractivity (Wildman–Crippen MR) is 166 cm³/mol. The van der Waals surface area contributed by atoms with Gasteiger partial charge < -0.3 is 4.57 Å². The van der Waals surface area contributed by atoms with Crippen LogP contribution in [0.5, 0.6) is 0 Å². The zero-order valence-corrected chi connectivity index (χ0v) is 22.4. The average Bonchev–Trinajstić information content (AvgIpc) is 3.75. The molecule has 0 aliphatic rings. The Hall–Kier alpha value is -4.58. The van der Waals surface area contributed by atoms with Crippen LogP contribution < -0.4 is 0 Å². The summed E-state index contributed by atoms with van der Waals surface area (Å²) < 4.78 is 3.59. The zero-order valence-electron chi connectivity index (χ0n) is 20.8. The third kappa shape index (κ3) is 3.70. The fourth-order valence-electron chi connectivity index (χ4n) is 5.45. The van der Waals surface area contributed by atoms with E-state index in [0.29, 0.717) is 0 Å². The lowest BCUT2D eigenvalue weighted by Gasteiger charge is -2.14. The molecule has 4 heterocycles. The van der Waals surface area contributed by atoms with E-state index in [1.165, 1.54) is 37.6 Å². The summed E-state index contributed by atoms with van der Waals surface area (Å²) >= 11 is 3.45. The molecule has 4 aromatic carbocycles. The number of thiophene rings is 1. The number of fused-ring (bicyclic) bond motifs is 4. The quantitative estimate of drug-likeness (QED) is 0.224. The third-order valence-corrected chi connectivity index (χ3v) is 9.02. The van der Waals surface area contributed by atoms with Crippen molar-refractivity contribution in [2.75, 3.05) is 0 Å². The number of rotatable bonds is 4. The van der Waals surface area contributed by atoms with Gasteiger partial charge in [0, 0.05) is 33.8 Å². The van der Waals surface area contributed by atoms with Crippen LogP contribution in [0.15, 0.2) is 126 Å². The Balaban J connectivity index is 1.39. The highest BCUT2D eigenvalue weighted by atomic mass is 32.1. The van der Waals surface area contributed by atoms with E-state index in [1.807, 2.05) is 18.3 Å². The molecule has 184 valence electrons. The lowest BCUT2D eigenvalue weighted by atomic mass is 9.98. The Labute approximate surface area is 233 Å². The molecule has 4 aromatic heterocycles. The Morgan fingerprint density at radius 3 is 2.38 bits per heavy atom. The fourth-order valence-corrected chi connectivity index (χ4v) is 7.07. The highest BCUT2D eigenvalue weighted by Crippen LogP contribution is 2.39. The van der Waals surface area contributed by atoms with Crippen LogP contribution >= 0.6 is 22.7 Å². The van der Waals surface area contributed by atoms with Gasteiger partial charge in [0.05, 0.1) is 26.9 Å². The van der Waals surface area contributed by atoms with Crippen molar-refractivity contribution < 1.29 is 0 Å². The highest BCUT2D eigenvalue weighted by Gasteiger charge is 2.17. The van der Waals surface area contributed by atoms with Crippen LogP contribution in [0.3, 0.4) is 0 Å². The standard InChI is InChI=1S/C34H21N3S2/c1-3-10-31-26(7-1)27-14-12-22(34-36-30-9-2-4-11-33(30)39-34)19-32(27)37(31)24-13-15-25(23-16-18-38-21-23)28(20-24)29-8-5-6-17-35-29/h1-21H. The van der Waals surface area contributed by atoms with Gasteiger partial charge in [-0.1, -0.05) is 54.6 Å². The normalized spacial score (nSPS) is 11.6. The summed E-state index contributed by atoms with van der Waals surface area (Å²) in [4.78, 5) is 9.67. The van der Waals surface area contributed by atoms with Crippen molar-refractivity contribution in [3.8, 4) is 38.6 Å². The van der Waals surface area contributed by atoms with Crippen LogP contribution in [0.4, 0.5) is 0 Å². The lowest BCUT2D eigenvalue weighted by Crippen LogP contribution is -1.96. The van der Waals surface area contributed by atoms with Gasteiger partial charge in [0.25, 0.3) is 0 Å². The molecule has 8 aromatic rings. The van der Waals surface area contributed by atoms with E-state index < -0.39 is 0 Å². The molecule has 5 heteroatoms. The van der Waals surface area contributed by atoms with Gasteiger partial charge in [-0.2, -0.15) is 11.3 Å². The summed E-state index contributed by atoms with van der Waals surface area (Å²) in [7, 11) is 0. The second-order valence-electron chi connectivity index (χ2n) is 9.53. The van der Waals surface area contributed by atoms with E-state index >= 15 is 0 Å². The predicted octanol–water partition coefficient (Wildman–Crippen LogP) is 9.85. The Kier molecular flexibility index (Phi) is 5.18. The molecule has 0 amide bonds. The summed E-state index contributed by atoms with van der Waals surface area (Å²) in [6.45, 7) is 0. The van der Waals surface area contributed by atoms with Crippen molar-refractivity contribution in [2.45, 2.75) is 0 Å². The first-order valence-electron chi connectivity index (χ1n) is 12.8. The number of hydrogen-bond donors (Lipinski definition) is 0. The van der Waals surface area contributed by atoms with Gasteiger partial charge in [0.15, 0.2) is 0 Å². The second kappa shape index (κ2) is 9.02. The van der Waals surface area contributed by atoms with E-state index in [4.69, 9.17) is 9.97 Å². The van der Waals surface area contributed by atoms with Crippen molar-refractivity contribution in [3.63, 3.8) is 0 Å². The molecular formula is C34H21N3S2. The summed E-state index contributed by atoms with van der Waals surface area (Å²) in [6.07, 6.45) is 1.87. The van der Waals surface area contributed by atoms with Crippen LogP contribution in [-0.2, 0) is 0 Å². The second-order valence-corrected chi connectivity index (χ2v) is 11.3. The van der Waals surface area contributed by atoms with Crippen LogP contribution in [0, 0.1) is 0 Å². The molecule has 0 fully saturated rings. The summed E-state index contributed by atoms with van der Waals surface area (Å²) in [5.74, 6) is 0. The maximum absolute atomic E-state index is 4.94. The van der Waals surface area contributed by atoms with Crippen molar-refractivity contribution in [3.05, 3.63) is 126 Å². The summed E-state index contributed by atoms with van der Waals surface area (Å²) in [5.41, 5.74) is 10.1. The molecule has 3 nitrogen and oxygen atoms in total. The molecule has 0 unspecified atom stereocenters. The summed E-state index contributed by atoms with van der Waals surface area (Å²) in [6, 6.07) is 38.8. The molecule has 0 bridgehead atoms. The third-order valence-electron chi connectivity index (χ3n) is 7.25. The Morgan fingerprint density at radius 1 is 0.641 bits per heavy atom. The minimum atomic E-state index is 0.969.